The fraction of sp³-hybridized carbons (Fsp3) is 0.750. The monoisotopic (exact) mass is 353 g/mol. The number of likely N-dealkylation sites (tertiary alicyclic amines) is 1. The molecule has 1 aliphatic rings. The summed E-state index contributed by atoms with van der Waals surface area (Å²) in [6, 6.07) is -0.157. The number of nitrogens with zero attached hydrogens (tertiary/aromatic N) is 3. The average molecular weight is 353 g/mol. The zero-order valence-electron chi connectivity index (χ0n) is 14.7. The molecule has 0 aromatic carbocycles. The summed E-state index contributed by atoms with van der Waals surface area (Å²) in [4.78, 5) is 25.9. The van der Waals surface area contributed by atoms with Crippen molar-refractivity contribution in [3.05, 3.63) is 5.01 Å². The molecule has 1 fully saturated rings. The minimum Gasteiger partial charge on any atom is -0.342 e. The molecule has 7 nitrogen and oxygen atoms in total. The van der Waals surface area contributed by atoms with E-state index in [0.717, 1.165) is 37.1 Å². The minimum atomic E-state index is -0.248. The van der Waals surface area contributed by atoms with Crippen LogP contribution in [0.2, 0.25) is 0 Å². The third-order valence-electron chi connectivity index (χ3n) is 4.07. The molecule has 0 radical (unpaired) electrons. The van der Waals surface area contributed by atoms with Crippen LogP contribution in [0.3, 0.4) is 0 Å². The molecule has 3 amide bonds. The third kappa shape index (κ3) is 5.43. The zero-order chi connectivity index (χ0) is 17.5. The van der Waals surface area contributed by atoms with Gasteiger partial charge in [-0.15, -0.1) is 10.2 Å². The van der Waals surface area contributed by atoms with E-state index in [1.807, 2.05) is 18.7 Å². The quantitative estimate of drug-likeness (QED) is 0.823. The smallest absolute Gasteiger partial charge is 0.321 e. The van der Waals surface area contributed by atoms with Crippen LogP contribution in [0.1, 0.15) is 51.5 Å². The Balaban J connectivity index is 1.73. The molecule has 134 valence electrons. The van der Waals surface area contributed by atoms with Crippen LogP contribution in [-0.2, 0) is 11.2 Å². The highest BCUT2D eigenvalue weighted by Crippen LogP contribution is 2.17. The molecular weight excluding hydrogens is 326 g/mol. The highest BCUT2D eigenvalue weighted by atomic mass is 32.1. The van der Waals surface area contributed by atoms with E-state index in [4.69, 9.17) is 0 Å². The fourth-order valence-electron chi connectivity index (χ4n) is 2.66. The van der Waals surface area contributed by atoms with Crippen LogP contribution in [0.5, 0.6) is 0 Å². The maximum Gasteiger partial charge on any atom is 0.321 e. The van der Waals surface area contributed by atoms with Crippen molar-refractivity contribution in [3.63, 3.8) is 0 Å². The molecule has 1 aromatic rings. The first-order valence-corrected chi connectivity index (χ1v) is 9.50. The number of rotatable bonds is 6. The molecule has 0 bridgehead atoms. The molecule has 0 unspecified atom stereocenters. The van der Waals surface area contributed by atoms with Crippen LogP contribution >= 0.6 is 11.3 Å². The number of nitrogens with one attached hydrogen (secondary N) is 2. The molecule has 0 aliphatic carbocycles. The lowest BCUT2D eigenvalue weighted by Gasteiger charge is -2.33. The third-order valence-corrected chi connectivity index (χ3v) is 4.97. The summed E-state index contributed by atoms with van der Waals surface area (Å²) in [6.07, 6.45) is 4.66. The molecular formula is C16H27N5O2S. The summed E-state index contributed by atoms with van der Waals surface area (Å²) >= 11 is 1.42. The first kappa shape index (κ1) is 18.6. The lowest BCUT2D eigenvalue weighted by molar-refractivity contribution is -0.135. The second kappa shape index (κ2) is 8.96. The van der Waals surface area contributed by atoms with Gasteiger partial charge in [0.25, 0.3) is 0 Å². The van der Waals surface area contributed by atoms with Gasteiger partial charge in [-0.2, -0.15) is 0 Å². The van der Waals surface area contributed by atoms with Crippen molar-refractivity contribution >= 4 is 28.4 Å². The number of unbranched alkanes of at least 4 members (excludes halogenated alkanes) is 1. The van der Waals surface area contributed by atoms with Crippen molar-refractivity contribution in [3.8, 4) is 0 Å². The van der Waals surface area contributed by atoms with Crippen LogP contribution < -0.4 is 10.6 Å². The summed E-state index contributed by atoms with van der Waals surface area (Å²) in [5.74, 6) is 0.212. The molecule has 1 saturated heterocycles. The summed E-state index contributed by atoms with van der Waals surface area (Å²) < 4.78 is 0. The van der Waals surface area contributed by atoms with Gasteiger partial charge in [-0.1, -0.05) is 38.5 Å². The molecule has 2 rings (SSSR count). The average Bonchev–Trinajstić information content (AvgIpc) is 3.00. The SMILES string of the molecule is CCCCc1nnc(NC(=O)NC2CCN(C(=O)C(C)C)CC2)s1. The Labute approximate surface area is 147 Å². The Hall–Kier alpha value is -1.70. The summed E-state index contributed by atoms with van der Waals surface area (Å²) in [5.41, 5.74) is 0. The standard InChI is InChI=1S/C16H27N5O2S/c1-4-5-6-13-19-20-16(24-13)18-15(23)17-12-7-9-21(10-8-12)14(22)11(2)3/h11-12H,4-10H2,1-3H3,(H2,17,18,20,23). The number of amides is 3. The van der Waals surface area contributed by atoms with E-state index in [-0.39, 0.29) is 23.9 Å². The molecule has 0 atom stereocenters. The van der Waals surface area contributed by atoms with E-state index in [1.165, 1.54) is 11.3 Å². The Morgan fingerprint density at radius 3 is 2.62 bits per heavy atom. The molecule has 0 saturated carbocycles. The van der Waals surface area contributed by atoms with E-state index in [2.05, 4.69) is 27.8 Å². The predicted molar refractivity (Wildman–Crippen MR) is 95.1 cm³/mol. The van der Waals surface area contributed by atoms with E-state index < -0.39 is 0 Å². The van der Waals surface area contributed by atoms with Gasteiger partial charge < -0.3 is 10.2 Å². The number of carbonyl (C=O) groups is 2. The second-order valence-electron chi connectivity index (χ2n) is 6.46. The number of carbonyl (C=O) groups excluding carboxylic acids is 2. The van der Waals surface area contributed by atoms with Gasteiger partial charge >= 0.3 is 6.03 Å². The van der Waals surface area contributed by atoms with Gasteiger partial charge in [-0.05, 0) is 19.3 Å². The largest absolute Gasteiger partial charge is 0.342 e. The topological polar surface area (TPSA) is 87.2 Å². The number of piperidine rings is 1. The number of aromatic nitrogens is 2. The maximum atomic E-state index is 12.1. The Bertz CT molecular complexity index is 552. The number of aryl methyl sites for hydroxylation is 1. The van der Waals surface area contributed by atoms with Crippen molar-refractivity contribution in [2.45, 2.75) is 58.9 Å². The van der Waals surface area contributed by atoms with Crippen molar-refractivity contribution in [1.29, 1.82) is 0 Å². The first-order valence-electron chi connectivity index (χ1n) is 8.68. The molecule has 2 N–H and O–H groups in total. The van der Waals surface area contributed by atoms with Crippen LogP contribution in [0, 0.1) is 5.92 Å². The van der Waals surface area contributed by atoms with E-state index in [9.17, 15) is 9.59 Å². The molecule has 24 heavy (non-hydrogen) atoms. The van der Waals surface area contributed by atoms with Crippen molar-refractivity contribution in [1.82, 2.24) is 20.4 Å². The van der Waals surface area contributed by atoms with E-state index >= 15 is 0 Å². The van der Waals surface area contributed by atoms with Gasteiger partial charge in [-0.25, -0.2) is 4.79 Å². The van der Waals surface area contributed by atoms with E-state index in [1.54, 1.807) is 0 Å². The van der Waals surface area contributed by atoms with Crippen molar-refractivity contribution in [2.24, 2.45) is 5.92 Å². The van der Waals surface area contributed by atoms with Crippen LogP contribution in [0.4, 0.5) is 9.93 Å². The summed E-state index contributed by atoms with van der Waals surface area (Å²) in [5, 5.41) is 15.3. The molecule has 0 spiro atoms. The van der Waals surface area contributed by atoms with Crippen molar-refractivity contribution in [2.75, 3.05) is 18.4 Å². The number of hydrogen-bond acceptors (Lipinski definition) is 5. The van der Waals surface area contributed by atoms with Gasteiger partial charge in [-0.3, -0.25) is 10.1 Å². The summed E-state index contributed by atoms with van der Waals surface area (Å²) in [6.45, 7) is 7.35. The van der Waals surface area contributed by atoms with Crippen LogP contribution in [0.15, 0.2) is 0 Å². The molecule has 2 heterocycles. The van der Waals surface area contributed by atoms with Crippen molar-refractivity contribution < 1.29 is 9.59 Å². The zero-order valence-corrected chi connectivity index (χ0v) is 15.5. The lowest BCUT2D eigenvalue weighted by Crippen LogP contribution is -2.48. The number of anilines is 1. The number of urea groups is 1. The maximum absolute atomic E-state index is 12.1. The highest BCUT2D eigenvalue weighted by molar-refractivity contribution is 7.15. The van der Waals surface area contributed by atoms with Gasteiger partial charge in [0.05, 0.1) is 0 Å². The minimum absolute atomic E-state index is 0.0251. The predicted octanol–water partition coefficient (Wildman–Crippen LogP) is 2.65. The molecule has 1 aromatic heterocycles. The van der Waals surface area contributed by atoms with Gasteiger partial charge in [0.1, 0.15) is 5.01 Å². The Morgan fingerprint density at radius 2 is 2.00 bits per heavy atom. The Morgan fingerprint density at radius 1 is 1.29 bits per heavy atom. The van der Waals surface area contributed by atoms with Gasteiger partial charge in [0, 0.05) is 31.5 Å². The summed E-state index contributed by atoms with van der Waals surface area (Å²) in [7, 11) is 0. The number of hydrogen-bond donors (Lipinski definition) is 2. The lowest BCUT2D eigenvalue weighted by atomic mass is 10.0. The van der Waals surface area contributed by atoms with Gasteiger partial charge in [0.15, 0.2) is 0 Å². The van der Waals surface area contributed by atoms with Crippen LogP contribution in [-0.4, -0.2) is 46.2 Å². The fourth-order valence-corrected chi connectivity index (χ4v) is 3.44. The van der Waals surface area contributed by atoms with Gasteiger partial charge in [0.2, 0.25) is 11.0 Å². The molecule has 1 aliphatic heterocycles. The Kier molecular flexibility index (Phi) is 6.96. The molecule has 8 heteroatoms. The second-order valence-corrected chi connectivity index (χ2v) is 7.52. The van der Waals surface area contributed by atoms with E-state index in [0.29, 0.717) is 18.2 Å². The normalized spacial score (nSPS) is 15.6. The first-order chi connectivity index (χ1) is 11.5. The van der Waals surface area contributed by atoms with Crippen LogP contribution in [0.25, 0.3) is 0 Å². The highest BCUT2D eigenvalue weighted by Gasteiger charge is 2.25.